The third-order valence-electron chi connectivity index (χ3n) is 3.15. The van der Waals surface area contributed by atoms with E-state index in [2.05, 4.69) is 26.1 Å². The van der Waals surface area contributed by atoms with Crippen LogP contribution in [-0.2, 0) is 0 Å². The Morgan fingerprint density at radius 3 is 2.47 bits per heavy atom. The summed E-state index contributed by atoms with van der Waals surface area (Å²) in [7, 11) is 0. The third-order valence-corrected chi connectivity index (χ3v) is 3.15. The van der Waals surface area contributed by atoms with E-state index in [1.165, 1.54) is 6.07 Å². The Morgan fingerprint density at radius 2 is 2.00 bits per heavy atom. The van der Waals surface area contributed by atoms with Gasteiger partial charge in [-0.15, -0.1) is 0 Å². The molecule has 1 aromatic heterocycles. The van der Waals surface area contributed by atoms with Crippen LogP contribution in [0, 0.1) is 11.8 Å². The van der Waals surface area contributed by atoms with E-state index in [0.29, 0.717) is 17.6 Å². The molecule has 4 nitrogen and oxygen atoms in total. The molecule has 0 amide bonds. The molecule has 2 unspecified atom stereocenters. The van der Waals surface area contributed by atoms with Crippen LogP contribution in [0.2, 0.25) is 0 Å². The Kier molecular flexibility index (Phi) is 4.75. The van der Waals surface area contributed by atoms with Gasteiger partial charge in [0.25, 0.3) is 0 Å². The van der Waals surface area contributed by atoms with Gasteiger partial charge in [-0.2, -0.15) is 0 Å². The van der Waals surface area contributed by atoms with E-state index in [1.54, 1.807) is 6.07 Å². The fourth-order valence-corrected chi connectivity index (χ4v) is 1.40. The molecule has 0 spiro atoms. The maximum atomic E-state index is 10.7. The van der Waals surface area contributed by atoms with Gasteiger partial charge in [0.15, 0.2) is 0 Å². The van der Waals surface area contributed by atoms with Crippen LogP contribution in [0.5, 0.6) is 0 Å². The lowest BCUT2D eigenvalue weighted by Gasteiger charge is -2.19. The van der Waals surface area contributed by atoms with Gasteiger partial charge in [-0.3, -0.25) is 0 Å². The second-order valence-corrected chi connectivity index (χ2v) is 4.86. The third kappa shape index (κ3) is 3.89. The molecule has 2 N–H and O–H groups in total. The van der Waals surface area contributed by atoms with Crippen molar-refractivity contribution in [3.8, 4) is 0 Å². The van der Waals surface area contributed by atoms with Crippen LogP contribution in [0.4, 0.5) is 0 Å². The summed E-state index contributed by atoms with van der Waals surface area (Å²) in [6.07, 6.45) is 0. The van der Waals surface area contributed by atoms with Crippen LogP contribution in [0.25, 0.3) is 0 Å². The van der Waals surface area contributed by atoms with Crippen LogP contribution in [0.15, 0.2) is 16.5 Å². The zero-order valence-corrected chi connectivity index (χ0v) is 10.9. The largest absolute Gasteiger partial charge is 0.475 e. The maximum Gasteiger partial charge on any atom is 0.371 e. The number of carboxylic acids is 1. The molecule has 0 fully saturated rings. The lowest BCUT2D eigenvalue weighted by atomic mass is 9.98. The van der Waals surface area contributed by atoms with E-state index in [0.717, 1.165) is 6.54 Å². The van der Waals surface area contributed by atoms with E-state index in [9.17, 15) is 4.79 Å². The molecule has 0 saturated carbocycles. The molecule has 0 bridgehead atoms. The van der Waals surface area contributed by atoms with E-state index in [4.69, 9.17) is 9.52 Å². The van der Waals surface area contributed by atoms with E-state index in [1.807, 2.05) is 6.92 Å². The van der Waals surface area contributed by atoms with Crippen molar-refractivity contribution in [1.82, 2.24) is 5.32 Å². The van der Waals surface area contributed by atoms with E-state index < -0.39 is 5.97 Å². The lowest BCUT2D eigenvalue weighted by Crippen LogP contribution is -2.26. The van der Waals surface area contributed by atoms with Crippen LogP contribution in [-0.4, -0.2) is 17.6 Å². The quantitative estimate of drug-likeness (QED) is 0.801. The molecule has 4 heteroatoms. The van der Waals surface area contributed by atoms with Gasteiger partial charge in [0.1, 0.15) is 5.76 Å². The van der Waals surface area contributed by atoms with Gasteiger partial charge in [-0.05, 0) is 37.4 Å². The molecule has 96 valence electrons. The minimum atomic E-state index is -1.03. The van der Waals surface area contributed by atoms with Crippen molar-refractivity contribution in [1.29, 1.82) is 0 Å². The SMILES string of the molecule is CC(NCC(C)C(C)C)c1ccc(C(=O)O)o1. The summed E-state index contributed by atoms with van der Waals surface area (Å²) in [5, 5.41) is 12.1. The summed E-state index contributed by atoms with van der Waals surface area (Å²) >= 11 is 0. The highest BCUT2D eigenvalue weighted by molar-refractivity contribution is 5.84. The molecule has 1 aromatic rings. The summed E-state index contributed by atoms with van der Waals surface area (Å²) in [4.78, 5) is 10.7. The number of hydrogen-bond donors (Lipinski definition) is 2. The standard InChI is InChI=1S/C13H21NO3/c1-8(2)9(3)7-14-10(4)11-5-6-12(17-11)13(15)16/h5-6,8-10,14H,7H2,1-4H3,(H,15,16). The van der Waals surface area contributed by atoms with Gasteiger partial charge in [0, 0.05) is 0 Å². The minimum Gasteiger partial charge on any atom is -0.475 e. The van der Waals surface area contributed by atoms with Crippen molar-refractivity contribution in [2.45, 2.75) is 33.7 Å². The van der Waals surface area contributed by atoms with Crippen LogP contribution >= 0.6 is 0 Å². The Hall–Kier alpha value is -1.29. The van der Waals surface area contributed by atoms with Crippen molar-refractivity contribution in [2.75, 3.05) is 6.54 Å². The zero-order chi connectivity index (χ0) is 13.0. The highest BCUT2D eigenvalue weighted by Gasteiger charge is 2.15. The molecule has 0 saturated heterocycles. The first-order valence-corrected chi connectivity index (χ1v) is 5.98. The van der Waals surface area contributed by atoms with Crippen molar-refractivity contribution in [3.63, 3.8) is 0 Å². The molecule has 17 heavy (non-hydrogen) atoms. The second kappa shape index (κ2) is 5.87. The second-order valence-electron chi connectivity index (χ2n) is 4.86. The fourth-order valence-electron chi connectivity index (χ4n) is 1.40. The molecular weight excluding hydrogens is 218 g/mol. The van der Waals surface area contributed by atoms with Gasteiger partial charge >= 0.3 is 5.97 Å². The summed E-state index contributed by atoms with van der Waals surface area (Å²) in [6, 6.07) is 3.23. The first-order chi connectivity index (χ1) is 7.91. The summed E-state index contributed by atoms with van der Waals surface area (Å²) in [5.41, 5.74) is 0. The molecule has 1 heterocycles. The smallest absolute Gasteiger partial charge is 0.371 e. The van der Waals surface area contributed by atoms with Crippen molar-refractivity contribution in [3.05, 3.63) is 23.7 Å². The van der Waals surface area contributed by atoms with Gasteiger partial charge in [0.2, 0.25) is 5.76 Å². The topological polar surface area (TPSA) is 62.5 Å². The highest BCUT2D eigenvalue weighted by Crippen LogP contribution is 2.17. The molecule has 0 radical (unpaired) electrons. The molecule has 0 aliphatic heterocycles. The Bertz CT molecular complexity index is 370. The van der Waals surface area contributed by atoms with E-state index in [-0.39, 0.29) is 11.8 Å². The Labute approximate surface area is 102 Å². The molecular formula is C13H21NO3. The Balaban J connectivity index is 2.52. The molecule has 0 aliphatic rings. The number of nitrogens with one attached hydrogen (secondary N) is 1. The Morgan fingerprint density at radius 1 is 1.35 bits per heavy atom. The number of aromatic carboxylic acids is 1. The average molecular weight is 239 g/mol. The van der Waals surface area contributed by atoms with Crippen LogP contribution in [0.1, 0.15) is 50.1 Å². The zero-order valence-electron chi connectivity index (χ0n) is 10.9. The first-order valence-electron chi connectivity index (χ1n) is 5.98. The van der Waals surface area contributed by atoms with Crippen molar-refractivity contribution in [2.24, 2.45) is 11.8 Å². The molecule has 0 aliphatic carbocycles. The molecule has 2 atom stereocenters. The van der Waals surface area contributed by atoms with Crippen molar-refractivity contribution >= 4 is 5.97 Å². The number of carbonyl (C=O) groups is 1. The number of carboxylic acid groups (broad SMARTS) is 1. The van der Waals surface area contributed by atoms with Crippen LogP contribution < -0.4 is 5.32 Å². The average Bonchev–Trinajstić information content (AvgIpc) is 2.74. The normalized spacial score (nSPS) is 14.9. The highest BCUT2D eigenvalue weighted by atomic mass is 16.4. The van der Waals surface area contributed by atoms with Gasteiger partial charge < -0.3 is 14.8 Å². The molecule has 1 rings (SSSR count). The van der Waals surface area contributed by atoms with Crippen LogP contribution in [0.3, 0.4) is 0 Å². The van der Waals surface area contributed by atoms with Gasteiger partial charge in [-0.25, -0.2) is 4.79 Å². The first kappa shape index (κ1) is 13.8. The fraction of sp³-hybridized carbons (Fsp3) is 0.615. The van der Waals surface area contributed by atoms with Crippen molar-refractivity contribution < 1.29 is 14.3 Å². The van der Waals surface area contributed by atoms with E-state index >= 15 is 0 Å². The monoisotopic (exact) mass is 239 g/mol. The predicted molar refractivity (Wildman–Crippen MR) is 66.1 cm³/mol. The minimum absolute atomic E-state index is 0.00874. The van der Waals surface area contributed by atoms with Gasteiger partial charge in [0.05, 0.1) is 6.04 Å². The number of furan rings is 1. The summed E-state index contributed by atoms with van der Waals surface area (Å²) in [5.74, 6) is 0.829. The maximum absolute atomic E-state index is 10.7. The summed E-state index contributed by atoms with van der Waals surface area (Å²) < 4.78 is 5.24. The van der Waals surface area contributed by atoms with Gasteiger partial charge in [-0.1, -0.05) is 20.8 Å². The molecule has 0 aromatic carbocycles. The number of hydrogen-bond acceptors (Lipinski definition) is 3. The number of rotatable bonds is 6. The predicted octanol–water partition coefficient (Wildman–Crippen LogP) is 2.92. The summed E-state index contributed by atoms with van der Waals surface area (Å²) in [6.45, 7) is 9.42. The lowest BCUT2D eigenvalue weighted by molar-refractivity contribution is 0.0659.